The van der Waals surface area contributed by atoms with Crippen molar-refractivity contribution >= 4 is 15.7 Å². The highest BCUT2D eigenvalue weighted by molar-refractivity contribution is 7.89. The normalized spacial score (nSPS) is 21.3. The maximum atomic E-state index is 13.6. The first kappa shape index (κ1) is 15.8. The van der Waals surface area contributed by atoms with E-state index in [4.69, 9.17) is 0 Å². The van der Waals surface area contributed by atoms with E-state index >= 15 is 0 Å². The van der Waals surface area contributed by atoms with Gasteiger partial charge in [0.05, 0.1) is 9.82 Å². The highest BCUT2D eigenvalue weighted by Crippen LogP contribution is 2.36. The van der Waals surface area contributed by atoms with Crippen molar-refractivity contribution in [2.45, 2.75) is 44.0 Å². The second kappa shape index (κ2) is 5.69. The molecule has 1 aliphatic carbocycles. The van der Waals surface area contributed by atoms with E-state index in [0.717, 1.165) is 31.4 Å². The summed E-state index contributed by atoms with van der Waals surface area (Å²) in [6, 6.07) is 1.75. The van der Waals surface area contributed by atoms with Crippen LogP contribution in [0, 0.1) is 28.8 Å². The Kier molecular flexibility index (Phi) is 4.29. The molecule has 1 N–H and O–H groups in total. The maximum Gasteiger partial charge on any atom is 0.306 e. The summed E-state index contributed by atoms with van der Waals surface area (Å²) in [6.07, 6.45) is 2.69. The van der Waals surface area contributed by atoms with E-state index in [-0.39, 0.29) is 16.5 Å². The van der Waals surface area contributed by atoms with Crippen LogP contribution in [0.1, 0.15) is 31.7 Å². The Balaban J connectivity index is 2.27. The van der Waals surface area contributed by atoms with Crippen molar-refractivity contribution in [3.05, 3.63) is 33.6 Å². The van der Waals surface area contributed by atoms with Crippen LogP contribution in [0.4, 0.5) is 10.1 Å². The molecule has 0 amide bonds. The van der Waals surface area contributed by atoms with E-state index in [0.29, 0.717) is 5.92 Å². The number of benzene rings is 1. The third kappa shape index (κ3) is 3.38. The predicted molar refractivity (Wildman–Crippen MR) is 74.9 cm³/mol. The highest BCUT2D eigenvalue weighted by atomic mass is 32.2. The van der Waals surface area contributed by atoms with Gasteiger partial charge in [-0.15, -0.1) is 0 Å². The van der Waals surface area contributed by atoms with E-state index in [9.17, 15) is 22.9 Å². The fraction of sp³-hybridized carbons (Fsp3) is 0.538. The molecule has 1 fully saturated rings. The first-order valence-corrected chi connectivity index (χ1v) is 8.21. The third-order valence-corrected chi connectivity index (χ3v) is 5.07. The van der Waals surface area contributed by atoms with Crippen LogP contribution in [0.2, 0.25) is 0 Å². The lowest BCUT2D eigenvalue weighted by Gasteiger charge is -2.08. The summed E-state index contributed by atoms with van der Waals surface area (Å²) in [5.74, 6) is -0.685. The Bertz CT molecular complexity index is 675. The van der Waals surface area contributed by atoms with Crippen molar-refractivity contribution in [1.29, 1.82) is 0 Å². The molecule has 0 aromatic heterocycles. The van der Waals surface area contributed by atoms with Gasteiger partial charge < -0.3 is 0 Å². The standard InChI is InChI=1S/C13H17FN2O4S/c1-3-4-9-6-11(9)15-21(19,20)10-5-8(2)13(14)12(7-10)16(17)18/h5,7,9,11,15H,3-4,6H2,1-2H3. The summed E-state index contributed by atoms with van der Waals surface area (Å²) in [5.41, 5.74) is -0.887. The number of halogens is 1. The second-order valence-corrected chi connectivity index (χ2v) is 7.06. The summed E-state index contributed by atoms with van der Waals surface area (Å²) in [6.45, 7) is 3.33. The Hall–Kier alpha value is -1.54. The molecule has 116 valence electrons. The lowest BCUT2D eigenvalue weighted by atomic mass is 10.2. The van der Waals surface area contributed by atoms with E-state index in [1.54, 1.807) is 0 Å². The molecule has 1 aliphatic rings. The SMILES string of the molecule is CCCC1CC1NS(=O)(=O)c1cc(C)c(F)c([N+](=O)[O-])c1. The number of nitro groups is 1. The molecule has 0 spiro atoms. The average molecular weight is 316 g/mol. The van der Waals surface area contributed by atoms with Gasteiger partial charge in [0, 0.05) is 12.1 Å². The van der Waals surface area contributed by atoms with Gasteiger partial charge in [0.15, 0.2) is 0 Å². The van der Waals surface area contributed by atoms with E-state index in [1.807, 2.05) is 6.92 Å². The van der Waals surface area contributed by atoms with Crippen molar-refractivity contribution < 1.29 is 17.7 Å². The van der Waals surface area contributed by atoms with Crippen LogP contribution in [0.15, 0.2) is 17.0 Å². The van der Waals surface area contributed by atoms with Crippen molar-refractivity contribution in [2.24, 2.45) is 5.92 Å². The molecule has 0 heterocycles. The summed E-state index contributed by atoms with van der Waals surface area (Å²) in [5, 5.41) is 10.8. The van der Waals surface area contributed by atoms with Gasteiger partial charge in [-0.2, -0.15) is 4.39 Å². The number of hydrogen-bond donors (Lipinski definition) is 1. The Morgan fingerprint density at radius 1 is 1.48 bits per heavy atom. The van der Waals surface area contributed by atoms with Crippen LogP contribution in [0.3, 0.4) is 0 Å². The molecule has 1 aromatic rings. The summed E-state index contributed by atoms with van der Waals surface area (Å²) in [7, 11) is -3.86. The van der Waals surface area contributed by atoms with Crippen LogP contribution in [-0.4, -0.2) is 19.4 Å². The minimum atomic E-state index is -3.86. The number of nitrogens with zero attached hydrogens (tertiary/aromatic N) is 1. The Labute approximate surface area is 122 Å². The molecular formula is C13H17FN2O4S. The zero-order chi connectivity index (χ0) is 15.8. The molecule has 0 radical (unpaired) electrons. The highest BCUT2D eigenvalue weighted by Gasteiger charge is 2.39. The maximum absolute atomic E-state index is 13.6. The van der Waals surface area contributed by atoms with Gasteiger partial charge in [-0.3, -0.25) is 10.1 Å². The van der Waals surface area contributed by atoms with Crippen molar-refractivity contribution in [2.75, 3.05) is 0 Å². The molecule has 1 saturated carbocycles. The molecule has 6 nitrogen and oxygen atoms in total. The molecule has 0 saturated heterocycles. The molecule has 2 unspecified atom stereocenters. The molecule has 1 aromatic carbocycles. The summed E-state index contributed by atoms with van der Waals surface area (Å²) < 4.78 is 40.6. The molecule has 21 heavy (non-hydrogen) atoms. The van der Waals surface area contributed by atoms with Gasteiger partial charge in [-0.25, -0.2) is 13.1 Å². The fourth-order valence-corrected chi connectivity index (χ4v) is 3.78. The van der Waals surface area contributed by atoms with Crippen molar-refractivity contribution in [3.8, 4) is 0 Å². The topological polar surface area (TPSA) is 89.3 Å². The molecular weight excluding hydrogens is 299 g/mol. The largest absolute Gasteiger partial charge is 0.306 e. The van der Waals surface area contributed by atoms with Gasteiger partial charge in [0.25, 0.3) is 0 Å². The number of aryl methyl sites for hydroxylation is 1. The zero-order valence-corrected chi connectivity index (χ0v) is 12.6. The average Bonchev–Trinajstić information content (AvgIpc) is 3.09. The van der Waals surface area contributed by atoms with Gasteiger partial charge in [-0.1, -0.05) is 13.3 Å². The van der Waals surface area contributed by atoms with E-state index < -0.39 is 26.5 Å². The van der Waals surface area contributed by atoms with Crippen LogP contribution in [0.5, 0.6) is 0 Å². The lowest BCUT2D eigenvalue weighted by Crippen LogP contribution is -2.27. The van der Waals surface area contributed by atoms with Crippen LogP contribution < -0.4 is 4.72 Å². The van der Waals surface area contributed by atoms with E-state index in [2.05, 4.69) is 4.72 Å². The Morgan fingerprint density at radius 2 is 2.14 bits per heavy atom. The first-order chi connectivity index (χ1) is 9.76. The van der Waals surface area contributed by atoms with E-state index in [1.165, 1.54) is 6.92 Å². The minimum absolute atomic E-state index is 0.0644. The predicted octanol–water partition coefficient (Wildman–Crippen LogP) is 2.51. The van der Waals surface area contributed by atoms with Gasteiger partial charge in [-0.05, 0) is 37.3 Å². The smallest absolute Gasteiger partial charge is 0.258 e. The Morgan fingerprint density at radius 3 is 2.71 bits per heavy atom. The fourth-order valence-electron chi connectivity index (χ4n) is 2.36. The molecule has 2 rings (SSSR count). The number of nitro benzene ring substituents is 1. The first-order valence-electron chi connectivity index (χ1n) is 6.73. The zero-order valence-electron chi connectivity index (χ0n) is 11.8. The third-order valence-electron chi connectivity index (χ3n) is 3.60. The van der Waals surface area contributed by atoms with Crippen LogP contribution >= 0.6 is 0 Å². The van der Waals surface area contributed by atoms with Crippen LogP contribution in [-0.2, 0) is 10.0 Å². The minimum Gasteiger partial charge on any atom is -0.258 e. The van der Waals surface area contributed by atoms with Crippen molar-refractivity contribution in [1.82, 2.24) is 4.72 Å². The van der Waals surface area contributed by atoms with Gasteiger partial charge in [0.1, 0.15) is 0 Å². The summed E-state index contributed by atoms with van der Waals surface area (Å²) in [4.78, 5) is 9.59. The molecule has 0 aliphatic heterocycles. The number of hydrogen-bond acceptors (Lipinski definition) is 4. The second-order valence-electron chi connectivity index (χ2n) is 5.34. The quantitative estimate of drug-likeness (QED) is 0.645. The summed E-state index contributed by atoms with van der Waals surface area (Å²) >= 11 is 0. The molecule has 0 bridgehead atoms. The van der Waals surface area contributed by atoms with Gasteiger partial charge in [0.2, 0.25) is 15.8 Å². The van der Waals surface area contributed by atoms with Gasteiger partial charge >= 0.3 is 5.69 Å². The molecule has 8 heteroatoms. The molecule has 2 atom stereocenters. The van der Waals surface area contributed by atoms with Crippen LogP contribution in [0.25, 0.3) is 0 Å². The number of sulfonamides is 1. The monoisotopic (exact) mass is 316 g/mol. The number of nitrogens with one attached hydrogen (secondary N) is 1. The lowest BCUT2D eigenvalue weighted by molar-refractivity contribution is -0.387. The number of rotatable bonds is 6. The van der Waals surface area contributed by atoms with Crippen molar-refractivity contribution in [3.63, 3.8) is 0 Å².